The molecule has 2 aromatic carbocycles. The number of thiazole rings is 1. The minimum atomic E-state index is 0.137. The van der Waals surface area contributed by atoms with Crippen molar-refractivity contribution in [3.8, 4) is 17.2 Å². The molecule has 3 nitrogen and oxygen atoms in total. The summed E-state index contributed by atoms with van der Waals surface area (Å²) in [6, 6.07) is 12.6. The molecule has 0 unspecified atom stereocenters. The van der Waals surface area contributed by atoms with E-state index < -0.39 is 0 Å². The third-order valence-electron chi connectivity index (χ3n) is 2.56. The number of aromatic nitrogens is 1. The molecule has 0 amide bonds. The smallest absolute Gasteiger partial charge is 0.169 e. The molecule has 0 fully saturated rings. The topological polar surface area (TPSA) is 42.4 Å². The zero-order valence-corrected chi connectivity index (χ0v) is 10.6. The molecule has 0 spiro atoms. The summed E-state index contributed by atoms with van der Waals surface area (Å²) in [6.45, 7) is 1.98. The Hall–Kier alpha value is -2.07. The SMILES string of the molecule is Cc1nc2ccc(Oc3ccccc3O)cc2s1. The average Bonchev–Trinajstić information content (AvgIpc) is 2.71. The van der Waals surface area contributed by atoms with E-state index in [4.69, 9.17) is 4.74 Å². The molecule has 0 radical (unpaired) electrons. The number of para-hydroxylation sites is 2. The fourth-order valence-electron chi connectivity index (χ4n) is 1.75. The van der Waals surface area contributed by atoms with E-state index in [1.807, 2.05) is 31.2 Å². The van der Waals surface area contributed by atoms with Crippen molar-refractivity contribution in [2.45, 2.75) is 6.92 Å². The quantitative estimate of drug-likeness (QED) is 0.751. The summed E-state index contributed by atoms with van der Waals surface area (Å²) in [4.78, 5) is 4.39. The molecule has 1 heterocycles. The second-order valence-electron chi connectivity index (χ2n) is 3.93. The van der Waals surface area contributed by atoms with E-state index in [1.165, 1.54) is 0 Å². The van der Waals surface area contributed by atoms with E-state index >= 15 is 0 Å². The maximum absolute atomic E-state index is 9.65. The minimum absolute atomic E-state index is 0.137. The van der Waals surface area contributed by atoms with Crippen LogP contribution in [0, 0.1) is 6.92 Å². The number of nitrogens with zero attached hydrogens (tertiary/aromatic N) is 1. The summed E-state index contributed by atoms with van der Waals surface area (Å²) >= 11 is 1.63. The van der Waals surface area contributed by atoms with Gasteiger partial charge in [-0.15, -0.1) is 11.3 Å². The number of fused-ring (bicyclic) bond motifs is 1. The van der Waals surface area contributed by atoms with Crippen molar-refractivity contribution < 1.29 is 9.84 Å². The van der Waals surface area contributed by atoms with Crippen molar-refractivity contribution in [3.63, 3.8) is 0 Å². The van der Waals surface area contributed by atoms with E-state index in [9.17, 15) is 5.11 Å². The van der Waals surface area contributed by atoms with Gasteiger partial charge < -0.3 is 9.84 Å². The fraction of sp³-hybridized carbons (Fsp3) is 0.0714. The van der Waals surface area contributed by atoms with Crippen LogP contribution in [0.3, 0.4) is 0 Å². The van der Waals surface area contributed by atoms with Crippen molar-refractivity contribution in [1.82, 2.24) is 4.98 Å². The number of benzene rings is 2. The predicted octanol–water partition coefficient (Wildman–Crippen LogP) is 4.10. The van der Waals surface area contributed by atoms with Gasteiger partial charge in [0.2, 0.25) is 0 Å². The number of phenolic OH excluding ortho intramolecular Hbond substituents is 1. The monoisotopic (exact) mass is 257 g/mol. The van der Waals surface area contributed by atoms with Crippen molar-refractivity contribution in [3.05, 3.63) is 47.5 Å². The number of aryl methyl sites for hydroxylation is 1. The van der Waals surface area contributed by atoms with Crippen molar-refractivity contribution in [2.24, 2.45) is 0 Å². The van der Waals surface area contributed by atoms with Gasteiger partial charge in [-0.1, -0.05) is 12.1 Å². The first-order chi connectivity index (χ1) is 8.72. The van der Waals surface area contributed by atoms with Crippen LogP contribution in [-0.4, -0.2) is 10.1 Å². The van der Waals surface area contributed by atoms with Gasteiger partial charge in [0.25, 0.3) is 0 Å². The molecule has 0 aliphatic heterocycles. The van der Waals surface area contributed by atoms with Crippen molar-refractivity contribution in [1.29, 1.82) is 0 Å². The molecule has 4 heteroatoms. The van der Waals surface area contributed by atoms with Gasteiger partial charge in [-0.2, -0.15) is 0 Å². The van der Waals surface area contributed by atoms with Crippen LogP contribution in [0.25, 0.3) is 10.2 Å². The van der Waals surface area contributed by atoms with Gasteiger partial charge in [0, 0.05) is 6.07 Å². The number of hydrogen-bond donors (Lipinski definition) is 1. The minimum Gasteiger partial charge on any atom is -0.504 e. The summed E-state index contributed by atoms with van der Waals surface area (Å²) in [5, 5.41) is 10.7. The van der Waals surface area contributed by atoms with Crippen molar-refractivity contribution >= 4 is 21.6 Å². The van der Waals surface area contributed by atoms with Gasteiger partial charge in [-0.3, -0.25) is 0 Å². The molecule has 0 bridgehead atoms. The van der Waals surface area contributed by atoms with E-state index in [-0.39, 0.29) is 5.75 Å². The van der Waals surface area contributed by atoms with Crippen LogP contribution in [-0.2, 0) is 0 Å². The Bertz CT molecular complexity index is 706. The Morgan fingerprint density at radius 1 is 1.17 bits per heavy atom. The molecule has 0 aliphatic rings. The molecule has 0 saturated heterocycles. The molecular formula is C14H11NO2S. The summed E-state index contributed by atoms with van der Waals surface area (Å²) in [5.41, 5.74) is 0.974. The van der Waals surface area contributed by atoms with Crippen molar-refractivity contribution in [2.75, 3.05) is 0 Å². The number of hydrogen-bond acceptors (Lipinski definition) is 4. The molecule has 0 atom stereocenters. The van der Waals surface area contributed by atoms with Gasteiger partial charge in [-0.25, -0.2) is 4.98 Å². The van der Waals surface area contributed by atoms with Crippen LogP contribution < -0.4 is 4.74 Å². The van der Waals surface area contributed by atoms with Crippen LogP contribution in [0.15, 0.2) is 42.5 Å². The predicted molar refractivity (Wildman–Crippen MR) is 72.5 cm³/mol. The summed E-state index contributed by atoms with van der Waals surface area (Å²) in [6.07, 6.45) is 0. The van der Waals surface area contributed by atoms with Crippen LogP contribution in [0.1, 0.15) is 5.01 Å². The zero-order chi connectivity index (χ0) is 12.5. The highest BCUT2D eigenvalue weighted by Crippen LogP contribution is 2.32. The maximum atomic E-state index is 9.65. The first-order valence-corrected chi connectivity index (χ1v) is 6.37. The normalized spacial score (nSPS) is 10.7. The molecule has 1 aromatic heterocycles. The van der Waals surface area contributed by atoms with E-state index in [2.05, 4.69) is 4.98 Å². The summed E-state index contributed by atoms with van der Waals surface area (Å²) < 4.78 is 6.74. The van der Waals surface area contributed by atoms with Gasteiger partial charge >= 0.3 is 0 Å². The molecular weight excluding hydrogens is 246 g/mol. The van der Waals surface area contributed by atoms with Gasteiger partial charge in [0.05, 0.1) is 15.2 Å². The average molecular weight is 257 g/mol. The van der Waals surface area contributed by atoms with E-state index in [0.29, 0.717) is 11.5 Å². The van der Waals surface area contributed by atoms with E-state index in [0.717, 1.165) is 15.2 Å². The molecule has 3 aromatic rings. The second kappa shape index (κ2) is 4.31. The van der Waals surface area contributed by atoms with Gasteiger partial charge in [0.1, 0.15) is 5.75 Å². The van der Waals surface area contributed by atoms with Crippen LogP contribution >= 0.6 is 11.3 Å². The molecule has 90 valence electrons. The number of ether oxygens (including phenoxy) is 1. The lowest BCUT2D eigenvalue weighted by Crippen LogP contribution is -1.84. The lowest BCUT2D eigenvalue weighted by Gasteiger charge is -2.06. The van der Waals surface area contributed by atoms with Gasteiger partial charge in [0.15, 0.2) is 11.5 Å². The molecule has 0 saturated carbocycles. The summed E-state index contributed by atoms with van der Waals surface area (Å²) in [7, 11) is 0. The number of phenols is 1. The second-order valence-corrected chi connectivity index (χ2v) is 5.17. The highest BCUT2D eigenvalue weighted by atomic mass is 32.1. The largest absolute Gasteiger partial charge is 0.504 e. The van der Waals surface area contributed by atoms with Crippen LogP contribution in [0.4, 0.5) is 0 Å². The molecule has 0 aliphatic carbocycles. The lowest BCUT2D eigenvalue weighted by atomic mass is 10.3. The highest BCUT2D eigenvalue weighted by Gasteiger charge is 2.05. The first kappa shape index (κ1) is 11.0. The Labute approximate surface area is 108 Å². The van der Waals surface area contributed by atoms with E-state index in [1.54, 1.807) is 29.5 Å². The lowest BCUT2D eigenvalue weighted by molar-refractivity contribution is 0.411. The number of rotatable bonds is 2. The highest BCUT2D eigenvalue weighted by molar-refractivity contribution is 7.18. The molecule has 1 N–H and O–H groups in total. The number of aromatic hydroxyl groups is 1. The Morgan fingerprint density at radius 3 is 2.83 bits per heavy atom. The standard InChI is InChI=1S/C14H11NO2S/c1-9-15-11-7-6-10(8-14(11)18-9)17-13-5-3-2-4-12(13)16/h2-8,16H,1H3. The third-order valence-corrected chi connectivity index (χ3v) is 3.49. The zero-order valence-electron chi connectivity index (χ0n) is 9.75. The third kappa shape index (κ3) is 2.02. The van der Waals surface area contributed by atoms with Crippen LogP contribution in [0.2, 0.25) is 0 Å². The fourth-order valence-corrected chi connectivity index (χ4v) is 2.61. The molecule has 18 heavy (non-hydrogen) atoms. The maximum Gasteiger partial charge on any atom is 0.169 e. The first-order valence-electron chi connectivity index (χ1n) is 5.55. The Kier molecular flexibility index (Phi) is 2.64. The Balaban J connectivity index is 1.97. The van der Waals surface area contributed by atoms with Crippen LogP contribution in [0.5, 0.6) is 17.2 Å². The Morgan fingerprint density at radius 2 is 2.00 bits per heavy atom. The van der Waals surface area contributed by atoms with Gasteiger partial charge in [-0.05, 0) is 31.2 Å². The summed E-state index contributed by atoms with van der Waals surface area (Å²) in [5.74, 6) is 1.30. The molecule has 3 rings (SSSR count).